The first kappa shape index (κ1) is 23.3. The van der Waals surface area contributed by atoms with E-state index in [0.717, 1.165) is 15.5 Å². The largest absolute Gasteiger partial charge is 0.493 e. The van der Waals surface area contributed by atoms with Gasteiger partial charge in [-0.25, -0.2) is 0 Å². The van der Waals surface area contributed by atoms with Gasteiger partial charge in [-0.1, -0.05) is 41.7 Å². The highest BCUT2D eigenvalue weighted by Crippen LogP contribution is 2.33. The molecule has 3 aromatic carbocycles. The average molecular weight is 481 g/mol. The first-order chi connectivity index (χ1) is 16.5. The highest BCUT2D eigenvalue weighted by Gasteiger charge is 2.16. The predicted molar refractivity (Wildman–Crippen MR) is 130 cm³/mol. The van der Waals surface area contributed by atoms with Gasteiger partial charge in [0.05, 0.1) is 31.0 Å². The summed E-state index contributed by atoms with van der Waals surface area (Å²) in [6, 6.07) is 17.1. The zero-order valence-electron chi connectivity index (χ0n) is 19.1. The molecule has 176 valence electrons. The highest BCUT2D eigenvalue weighted by molar-refractivity contribution is 7.16. The van der Waals surface area contributed by atoms with Gasteiger partial charge >= 0.3 is 5.97 Å². The van der Waals surface area contributed by atoms with E-state index >= 15 is 0 Å². The van der Waals surface area contributed by atoms with Gasteiger partial charge in [0.2, 0.25) is 0 Å². The number of rotatable bonds is 8. The van der Waals surface area contributed by atoms with Gasteiger partial charge < -0.3 is 23.5 Å². The maximum absolute atomic E-state index is 12.7. The summed E-state index contributed by atoms with van der Waals surface area (Å²) in [4.78, 5) is 29.5. The molecule has 4 rings (SSSR count). The van der Waals surface area contributed by atoms with Crippen molar-refractivity contribution in [3.8, 4) is 17.2 Å². The number of aromatic nitrogens is 1. The van der Waals surface area contributed by atoms with Gasteiger partial charge in [-0.2, -0.15) is 4.99 Å². The summed E-state index contributed by atoms with van der Waals surface area (Å²) in [7, 11) is 3.08. The Balaban J connectivity index is 1.65. The van der Waals surface area contributed by atoms with E-state index in [1.165, 1.54) is 18.4 Å². The van der Waals surface area contributed by atoms with Gasteiger partial charge in [0.1, 0.15) is 12.3 Å². The molecule has 0 radical (unpaired) electrons. The Morgan fingerprint density at radius 1 is 0.971 bits per heavy atom. The van der Waals surface area contributed by atoms with Crippen LogP contribution in [0.1, 0.15) is 6.92 Å². The molecule has 1 aromatic heterocycles. The number of esters is 1. The van der Waals surface area contributed by atoms with E-state index in [9.17, 15) is 9.59 Å². The molecule has 0 bridgehead atoms. The Morgan fingerprint density at radius 3 is 2.44 bits per heavy atom. The van der Waals surface area contributed by atoms with Crippen molar-refractivity contribution in [2.24, 2.45) is 4.99 Å². The molecule has 0 saturated heterocycles. The first-order valence-corrected chi connectivity index (χ1v) is 11.4. The van der Waals surface area contributed by atoms with E-state index in [2.05, 4.69) is 4.99 Å². The molecule has 0 saturated carbocycles. The number of fused-ring (bicyclic) bond motifs is 2. The summed E-state index contributed by atoms with van der Waals surface area (Å²) < 4.78 is 24.0. The number of ether oxygens (including phenoxy) is 4. The maximum atomic E-state index is 12.7. The summed E-state index contributed by atoms with van der Waals surface area (Å²) in [5.74, 6) is 0.710. The maximum Gasteiger partial charge on any atom is 0.326 e. The lowest BCUT2D eigenvalue weighted by Crippen LogP contribution is -2.24. The standard InChI is InChI=1S/C25H24N2O6S/c1-4-32-24(29)14-27-19-12-20(30-2)21(31-3)13-22(19)34-25(27)26-23(28)15-33-18-10-9-16-7-5-6-8-17(16)11-18/h5-13H,4,14-15H2,1-3H3. The number of methoxy groups -OCH3 is 2. The third kappa shape index (κ3) is 5.04. The minimum atomic E-state index is -0.476. The summed E-state index contributed by atoms with van der Waals surface area (Å²) in [5.41, 5.74) is 0.678. The van der Waals surface area contributed by atoms with Gasteiger partial charge in [-0.15, -0.1) is 0 Å². The molecule has 0 aliphatic carbocycles. The first-order valence-electron chi connectivity index (χ1n) is 10.6. The lowest BCUT2D eigenvalue weighted by Gasteiger charge is -2.09. The van der Waals surface area contributed by atoms with Crippen LogP contribution in [0.25, 0.3) is 21.0 Å². The number of amides is 1. The number of hydrogen-bond acceptors (Lipinski definition) is 7. The molecule has 1 amide bonds. The quantitative estimate of drug-likeness (QED) is 0.355. The molecule has 4 aromatic rings. The van der Waals surface area contributed by atoms with Crippen LogP contribution in [0.5, 0.6) is 17.2 Å². The third-order valence-electron chi connectivity index (χ3n) is 5.08. The van der Waals surface area contributed by atoms with Gasteiger partial charge in [-0.05, 0) is 29.8 Å². The van der Waals surface area contributed by atoms with E-state index in [-0.39, 0.29) is 19.8 Å². The van der Waals surface area contributed by atoms with Gasteiger partial charge in [0.25, 0.3) is 5.91 Å². The van der Waals surface area contributed by atoms with E-state index in [4.69, 9.17) is 18.9 Å². The number of benzene rings is 3. The van der Waals surface area contributed by atoms with Crippen molar-refractivity contribution in [1.29, 1.82) is 0 Å². The second-order valence-electron chi connectivity index (χ2n) is 7.25. The van der Waals surface area contributed by atoms with Crippen LogP contribution in [-0.4, -0.2) is 43.9 Å². The molecular weight excluding hydrogens is 456 g/mol. The van der Waals surface area contributed by atoms with Crippen molar-refractivity contribution in [1.82, 2.24) is 4.57 Å². The van der Waals surface area contributed by atoms with Gasteiger partial charge in [-0.3, -0.25) is 9.59 Å². The Hall–Kier alpha value is -3.85. The van der Waals surface area contributed by atoms with Crippen molar-refractivity contribution in [3.63, 3.8) is 0 Å². The summed E-state index contributed by atoms with van der Waals surface area (Å²) in [5, 5.41) is 2.10. The van der Waals surface area contributed by atoms with Crippen LogP contribution < -0.4 is 19.0 Å². The molecular formula is C25H24N2O6S. The Labute approximate surface area is 200 Å². The molecule has 34 heavy (non-hydrogen) atoms. The van der Waals surface area contributed by atoms with Crippen LogP contribution in [0, 0.1) is 0 Å². The second-order valence-corrected chi connectivity index (χ2v) is 8.26. The number of carbonyl (C=O) groups excluding carboxylic acids is 2. The summed E-state index contributed by atoms with van der Waals surface area (Å²) >= 11 is 1.26. The van der Waals surface area contributed by atoms with Crippen LogP contribution in [0.4, 0.5) is 0 Å². The zero-order valence-corrected chi connectivity index (χ0v) is 19.9. The van der Waals surface area contributed by atoms with Crippen LogP contribution in [0.2, 0.25) is 0 Å². The van der Waals surface area contributed by atoms with E-state index in [1.807, 2.05) is 42.5 Å². The van der Waals surface area contributed by atoms with Gasteiger partial charge in [0.15, 0.2) is 22.9 Å². The Kier molecular flexibility index (Phi) is 7.12. The monoisotopic (exact) mass is 480 g/mol. The SMILES string of the molecule is CCOC(=O)Cn1c(=NC(=O)COc2ccc3ccccc3c2)sc2cc(OC)c(OC)cc21. The average Bonchev–Trinajstić information content (AvgIpc) is 3.17. The van der Waals surface area contributed by atoms with Crippen molar-refractivity contribution in [3.05, 3.63) is 59.4 Å². The fraction of sp³-hybridized carbons (Fsp3) is 0.240. The number of nitrogens with zero attached hydrogens (tertiary/aromatic N) is 2. The summed E-state index contributed by atoms with van der Waals surface area (Å²) in [6.45, 7) is 1.66. The van der Waals surface area contributed by atoms with Crippen molar-refractivity contribution in [2.75, 3.05) is 27.4 Å². The minimum absolute atomic E-state index is 0.0963. The molecule has 0 aliphatic rings. The van der Waals surface area contributed by atoms with Crippen LogP contribution in [-0.2, 0) is 20.9 Å². The topological polar surface area (TPSA) is 88.4 Å². The van der Waals surface area contributed by atoms with Gasteiger partial charge in [0, 0.05) is 12.1 Å². The molecule has 0 spiro atoms. The minimum Gasteiger partial charge on any atom is -0.493 e. The molecule has 1 heterocycles. The molecule has 0 atom stereocenters. The lowest BCUT2D eigenvalue weighted by atomic mass is 10.1. The molecule has 0 N–H and O–H groups in total. The highest BCUT2D eigenvalue weighted by atomic mass is 32.1. The van der Waals surface area contributed by atoms with E-state index in [1.54, 1.807) is 30.7 Å². The fourth-order valence-electron chi connectivity index (χ4n) is 3.51. The normalized spacial score (nSPS) is 11.6. The predicted octanol–water partition coefficient (Wildman–Crippen LogP) is 3.94. The van der Waals surface area contributed by atoms with Crippen molar-refractivity contribution in [2.45, 2.75) is 13.5 Å². The summed E-state index contributed by atoms with van der Waals surface area (Å²) in [6.07, 6.45) is 0. The number of thiazole rings is 1. The molecule has 8 nitrogen and oxygen atoms in total. The smallest absolute Gasteiger partial charge is 0.326 e. The molecule has 0 unspecified atom stereocenters. The lowest BCUT2D eigenvalue weighted by molar-refractivity contribution is -0.143. The van der Waals surface area contributed by atoms with Crippen LogP contribution in [0.15, 0.2) is 59.6 Å². The van der Waals surface area contributed by atoms with E-state index in [0.29, 0.717) is 27.6 Å². The molecule has 9 heteroatoms. The number of carbonyl (C=O) groups is 2. The molecule has 0 aliphatic heterocycles. The zero-order chi connectivity index (χ0) is 24.1. The van der Waals surface area contributed by atoms with E-state index < -0.39 is 11.9 Å². The molecule has 0 fully saturated rings. The second kappa shape index (κ2) is 10.4. The number of hydrogen-bond donors (Lipinski definition) is 0. The fourth-order valence-corrected chi connectivity index (χ4v) is 4.57. The van der Waals surface area contributed by atoms with Crippen molar-refractivity contribution >= 4 is 44.2 Å². The van der Waals surface area contributed by atoms with Crippen molar-refractivity contribution < 1.29 is 28.5 Å². The van der Waals surface area contributed by atoms with Crippen LogP contribution in [0.3, 0.4) is 0 Å². The Morgan fingerprint density at radius 2 is 1.71 bits per heavy atom. The third-order valence-corrected chi connectivity index (χ3v) is 6.13. The van der Waals surface area contributed by atoms with Crippen LogP contribution >= 0.6 is 11.3 Å². The Bertz CT molecular complexity index is 1420.